The second-order valence-corrected chi connectivity index (χ2v) is 5.05. The van der Waals surface area contributed by atoms with Crippen molar-refractivity contribution in [3.63, 3.8) is 0 Å². The highest BCUT2D eigenvalue weighted by Crippen LogP contribution is 2.29. The van der Waals surface area contributed by atoms with E-state index in [4.69, 9.17) is 10.6 Å². The second kappa shape index (κ2) is 7.20. The van der Waals surface area contributed by atoms with E-state index in [2.05, 4.69) is 12.3 Å². The van der Waals surface area contributed by atoms with Gasteiger partial charge in [-0.05, 0) is 24.7 Å². The third-order valence-electron chi connectivity index (χ3n) is 3.47. The number of hydrogen-bond acceptors (Lipinski definition) is 3. The first-order valence-electron chi connectivity index (χ1n) is 6.21. The Morgan fingerprint density at radius 2 is 2.07 bits per heavy atom. The molecule has 3 nitrogen and oxygen atoms in total. The fourth-order valence-corrected chi connectivity index (χ4v) is 2.72. The topological polar surface area (TPSA) is 47.3 Å². The fourth-order valence-electron chi connectivity index (χ4n) is 2.72. The van der Waals surface area contributed by atoms with Gasteiger partial charge >= 0.3 is 0 Å². The summed E-state index contributed by atoms with van der Waals surface area (Å²) in [4.78, 5) is 0. The minimum Gasteiger partial charge on any atom is -0.384 e. The van der Waals surface area contributed by atoms with Crippen molar-refractivity contribution in [3.8, 4) is 0 Å². The number of ether oxygens (including phenoxy) is 1. The maximum atomic E-state index is 5.60. The van der Waals surface area contributed by atoms with Crippen molar-refractivity contribution in [2.24, 2.45) is 17.7 Å². The van der Waals surface area contributed by atoms with E-state index < -0.39 is 0 Å². The summed E-state index contributed by atoms with van der Waals surface area (Å²) in [5.41, 5.74) is 2.96. The van der Waals surface area contributed by atoms with Gasteiger partial charge < -0.3 is 4.74 Å². The number of rotatable bonds is 7. The standard InChI is InChI=1S/C12H26N2O/c1-10(9-15-2)7-12(14-13)8-11-5-3-4-6-11/h10-12,14H,3-9,13H2,1-2H3. The molecule has 1 fully saturated rings. The van der Waals surface area contributed by atoms with E-state index in [1.807, 2.05) is 0 Å². The second-order valence-electron chi connectivity index (χ2n) is 5.05. The maximum absolute atomic E-state index is 5.60. The zero-order valence-electron chi connectivity index (χ0n) is 10.2. The number of nitrogens with one attached hydrogen (secondary N) is 1. The highest BCUT2D eigenvalue weighted by molar-refractivity contribution is 4.75. The molecule has 0 saturated heterocycles. The molecule has 0 amide bonds. The summed E-state index contributed by atoms with van der Waals surface area (Å²) in [6, 6.07) is 0.471. The van der Waals surface area contributed by atoms with Crippen LogP contribution in [0.2, 0.25) is 0 Å². The molecule has 1 saturated carbocycles. The summed E-state index contributed by atoms with van der Waals surface area (Å²) in [6.07, 6.45) is 7.99. The molecule has 0 bridgehead atoms. The van der Waals surface area contributed by atoms with Crippen LogP contribution >= 0.6 is 0 Å². The molecule has 3 N–H and O–H groups in total. The molecule has 15 heavy (non-hydrogen) atoms. The monoisotopic (exact) mass is 214 g/mol. The van der Waals surface area contributed by atoms with Crippen LogP contribution < -0.4 is 11.3 Å². The zero-order valence-corrected chi connectivity index (χ0v) is 10.2. The molecule has 1 rings (SSSR count). The number of hydrazine groups is 1. The summed E-state index contributed by atoms with van der Waals surface area (Å²) in [7, 11) is 1.76. The van der Waals surface area contributed by atoms with E-state index in [1.54, 1.807) is 7.11 Å². The lowest BCUT2D eigenvalue weighted by Gasteiger charge is -2.22. The summed E-state index contributed by atoms with van der Waals surface area (Å²) in [5, 5.41) is 0. The highest BCUT2D eigenvalue weighted by atomic mass is 16.5. The summed E-state index contributed by atoms with van der Waals surface area (Å²) in [5.74, 6) is 7.10. The lowest BCUT2D eigenvalue weighted by molar-refractivity contribution is 0.146. The van der Waals surface area contributed by atoms with Crippen LogP contribution in [0.1, 0.15) is 45.4 Å². The molecule has 2 unspecified atom stereocenters. The van der Waals surface area contributed by atoms with Crippen molar-refractivity contribution in [1.29, 1.82) is 0 Å². The van der Waals surface area contributed by atoms with Gasteiger partial charge in [0.15, 0.2) is 0 Å². The lowest BCUT2D eigenvalue weighted by Crippen LogP contribution is -2.38. The lowest BCUT2D eigenvalue weighted by atomic mass is 9.93. The Bertz CT molecular complexity index is 158. The third-order valence-corrected chi connectivity index (χ3v) is 3.47. The van der Waals surface area contributed by atoms with Crippen LogP contribution in [-0.2, 0) is 4.74 Å². The predicted molar refractivity (Wildman–Crippen MR) is 63.3 cm³/mol. The summed E-state index contributed by atoms with van der Waals surface area (Å²) >= 11 is 0. The highest BCUT2D eigenvalue weighted by Gasteiger charge is 2.20. The molecule has 0 aromatic heterocycles. The van der Waals surface area contributed by atoms with Crippen molar-refractivity contribution in [2.75, 3.05) is 13.7 Å². The normalized spacial score (nSPS) is 21.8. The summed E-state index contributed by atoms with van der Waals surface area (Å²) in [6.45, 7) is 3.06. The van der Waals surface area contributed by atoms with Gasteiger partial charge in [-0.15, -0.1) is 0 Å². The SMILES string of the molecule is COCC(C)CC(CC1CCCC1)NN. The van der Waals surface area contributed by atoms with Gasteiger partial charge in [-0.1, -0.05) is 32.6 Å². The van der Waals surface area contributed by atoms with Gasteiger partial charge in [0.2, 0.25) is 0 Å². The van der Waals surface area contributed by atoms with Crippen molar-refractivity contribution in [3.05, 3.63) is 0 Å². The van der Waals surface area contributed by atoms with E-state index in [0.717, 1.165) is 18.9 Å². The van der Waals surface area contributed by atoms with Gasteiger partial charge in [0.05, 0.1) is 0 Å². The smallest absolute Gasteiger partial charge is 0.0488 e. The van der Waals surface area contributed by atoms with Crippen LogP contribution in [0.15, 0.2) is 0 Å². The average Bonchev–Trinajstić information content (AvgIpc) is 2.70. The van der Waals surface area contributed by atoms with E-state index in [0.29, 0.717) is 12.0 Å². The van der Waals surface area contributed by atoms with Gasteiger partial charge in [-0.25, -0.2) is 0 Å². The van der Waals surface area contributed by atoms with E-state index in [9.17, 15) is 0 Å². The molecule has 1 aliphatic rings. The first-order valence-corrected chi connectivity index (χ1v) is 6.21. The van der Waals surface area contributed by atoms with Gasteiger partial charge in [0.25, 0.3) is 0 Å². The number of nitrogens with two attached hydrogens (primary N) is 1. The van der Waals surface area contributed by atoms with Crippen LogP contribution in [0, 0.1) is 11.8 Å². The van der Waals surface area contributed by atoms with Crippen LogP contribution in [0.3, 0.4) is 0 Å². The molecule has 90 valence electrons. The van der Waals surface area contributed by atoms with Crippen molar-refractivity contribution >= 4 is 0 Å². The quantitative estimate of drug-likeness (QED) is 0.504. The van der Waals surface area contributed by atoms with E-state index in [-0.39, 0.29) is 0 Å². The Morgan fingerprint density at radius 1 is 1.40 bits per heavy atom. The molecule has 3 heteroatoms. The van der Waals surface area contributed by atoms with E-state index >= 15 is 0 Å². The Balaban J connectivity index is 2.21. The molecule has 0 aromatic rings. The molecular formula is C12H26N2O. The van der Waals surface area contributed by atoms with Gasteiger partial charge in [0.1, 0.15) is 0 Å². The summed E-state index contributed by atoms with van der Waals surface area (Å²) < 4.78 is 5.15. The molecule has 0 aliphatic heterocycles. The number of methoxy groups -OCH3 is 1. The Hall–Kier alpha value is -0.120. The molecule has 0 aromatic carbocycles. The molecule has 1 aliphatic carbocycles. The van der Waals surface area contributed by atoms with Crippen molar-refractivity contribution in [1.82, 2.24) is 5.43 Å². The Kier molecular flexibility index (Phi) is 6.22. The van der Waals surface area contributed by atoms with Crippen molar-refractivity contribution in [2.45, 2.75) is 51.5 Å². The number of hydrogen-bond donors (Lipinski definition) is 2. The van der Waals surface area contributed by atoms with E-state index in [1.165, 1.54) is 32.1 Å². The minimum absolute atomic E-state index is 0.471. The first-order chi connectivity index (χ1) is 7.26. The van der Waals surface area contributed by atoms with Gasteiger partial charge in [-0.3, -0.25) is 11.3 Å². The maximum Gasteiger partial charge on any atom is 0.0488 e. The molecule has 0 radical (unpaired) electrons. The molecule has 0 heterocycles. The third kappa shape index (κ3) is 4.96. The largest absolute Gasteiger partial charge is 0.384 e. The van der Waals surface area contributed by atoms with Crippen LogP contribution in [0.4, 0.5) is 0 Å². The average molecular weight is 214 g/mol. The minimum atomic E-state index is 0.471. The first kappa shape index (κ1) is 12.9. The molecular weight excluding hydrogens is 188 g/mol. The fraction of sp³-hybridized carbons (Fsp3) is 1.00. The molecule has 0 spiro atoms. The van der Waals surface area contributed by atoms with Crippen LogP contribution in [0.5, 0.6) is 0 Å². The van der Waals surface area contributed by atoms with Gasteiger partial charge in [0, 0.05) is 19.8 Å². The Morgan fingerprint density at radius 3 is 2.60 bits per heavy atom. The molecule has 2 atom stereocenters. The van der Waals surface area contributed by atoms with Gasteiger partial charge in [-0.2, -0.15) is 0 Å². The zero-order chi connectivity index (χ0) is 11.1. The van der Waals surface area contributed by atoms with Crippen LogP contribution in [0.25, 0.3) is 0 Å². The van der Waals surface area contributed by atoms with Crippen LogP contribution in [-0.4, -0.2) is 19.8 Å². The predicted octanol–water partition coefficient (Wildman–Crippen LogP) is 2.07. The van der Waals surface area contributed by atoms with Crippen molar-refractivity contribution < 1.29 is 4.74 Å². The Labute approximate surface area is 93.7 Å².